The van der Waals surface area contributed by atoms with Crippen LogP contribution in [-0.2, 0) is 6.42 Å². The maximum absolute atomic E-state index is 3.68. The quantitative estimate of drug-likeness (QED) is 0.837. The molecule has 1 heteroatoms. The first-order valence-corrected chi connectivity index (χ1v) is 6.80. The zero-order valence-electron chi connectivity index (χ0n) is 11.4. The summed E-state index contributed by atoms with van der Waals surface area (Å²) in [6, 6.07) is 11.5. The van der Waals surface area contributed by atoms with E-state index in [4.69, 9.17) is 0 Å². The molecule has 1 aromatic rings. The SMILES string of the molecule is CC(C)(C)CC1CNC(Cc2ccccc2)C1. The van der Waals surface area contributed by atoms with E-state index in [9.17, 15) is 0 Å². The maximum atomic E-state index is 3.68. The molecule has 0 spiro atoms. The lowest BCUT2D eigenvalue weighted by atomic mass is 9.83. The van der Waals surface area contributed by atoms with Gasteiger partial charge in [-0.25, -0.2) is 0 Å². The van der Waals surface area contributed by atoms with Crippen LogP contribution in [0, 0.1) is 11.3 Å². The minimum atomic E-state index is 0.466. The summed E-state index contributed by atoms with van der Waals surface area (Å²) in [5.74, 6) is 0.865. The number of nitrogens with one attached hydrogen (secondary N) is 1. The molecule has 2 unspecified atom stereocenters. The number of hydrogen-bond acceptors (Lipinski definition) is 1. The van der Waals surface area contributed by atoms with Gasteiger partial charge in [-0.1, -0.05) is 51.1 Å². The third kappa shape index (κ3) is 4.16. The number of rotatable bonds is 3. The van der Waals surface area contributed by atoms with Gasteiger partial charge in [0, 0.05) is 6.04 Å². The molecule has 94 valence electrons. The van der Waals surface area contributed by atoms with Crippen molar-refractivity contribution in [3.05, 3.63) is 35.9 Å². The monoisotopic (exact) mass is 231 g/mol. The Kier molecular flexibility index (Phi) is 3.88. The van der Waals surface area contributed by atoms with Gasteiger partial charge in [0.2, 0.25) is 0 Å². The molecule has 1 aliphatic heterocycles. The summed E-state index contributed by atoms with van der Waals surface area (Å²) in [5, 5.41) is 3.68. The minimum absolute atomic E-state index is 0.466. The van der Waals surface area contributed by atoms with Crippen molar-refractivity contribution in [3.8, 4) is 0 Å². The molecule has 1 N–H and O–H groups in total. The Bertz CT molecular complexity index is 336. The first kappa shape index (κ1) is 12.6. The van der Waals surface area contributed by atoms with E-state index in [1.807, 2.05) is 0 Å². The molecule has 1 heterocycles. The van der Waals surface area contributed by atoms with Crippen LogP contribution in [0.4, 0.5) is 0 Å². The lowest BCUT2D eigenvalue weighted by Crippen LogP contribution is -2.23. The van der Waals surface area contributed by atoms with Crippen LogP contribution in [-0.4, -0.2) is 12.6 Å². The van der Waals surface area contributed by atoms with Gasteiger partial charge in [0.05, 0.1) is 0 Å². The molecular formula is C16H25N. The number of benzene rings is 1. The maximum Gasteiger partial charge on any atom is 0.0111 e. The van der Waals surface area contributed by atoms with E-state index >= 15 is 0 Å². The summed E-state index contributed by atoms with van der Waals surface area (Å²) in [7, 11) is 0. The van der Waals surface area contributed by atoms with Gasteiger partial charge in [0.1, 0.15) is 0 Å². The predicted octanol–water partition coefficient (Wildman–Crippen LogP) is 3.64. The summed E-state index contributed by atoms with van der Waals surface area (Å²) >= 11 is 0. The van der Waals surface area contributed by atoms with E-state index in [0.717, 1.165) is 5.92 Å². The zero-order valence-corrected chi connectivity index (χ0v) is 11.4. The van der Waals surface area contributed by atoms with Gasteiger partial charge in [-0.05, 0) is 42.7 Å². The normalized spacial score (nSPS) is 25.1. The molecular weight excluding hydrogens is 206 g/mol. The van der Waals surface area contributed by atoms with Gasteiger partial charge >= 0.3 is 0 Å². The van der Waals surface area contributed by atoms with Gasteiger partial charge in [-0.2, -0.15) is 0 Å². The Morgan fingerprint density at radius 1 is 1.18 bits per heavy atom. The summed E-state index contributed by atoms with van der Waals surface area (Å²) in [6.07, 6.45) is 3.86. The smallest absolute Gasteiger partial charge is 0.0111 e. The second kappa shape index (κ2) is 5.22. The molecule has 1 nitrogen and oxygen atoms in total. The summed E-state index contributed by atoms with van der Waals surface area (Å²) in [4.78, 5) is 0. The van der Waals surface area contributed by atoms with E-state index in [1.165, 1.54) is 31.4 Å². The highest BCUT2D eigenvalue weighted by Gasteiger charge is 2.27. The first-order chi connectivity index (χ1) is 8.03. The van der Waals surface area contributed by atoms with Crippen LogP contribution in [0.2, 0.25) is 0 Å². The first-order valence-electron chi connectivity index (χ1n) is 6.80. The molecule has 0 aliphatic carbocycles. The highest BCUT2D eigenvalue weighted by molar-refractivity contribution is 5.16. The van der Waals surface area contributed by atoms with Crippen molar-refractivity contribution in [3.63, 3.8) is 0 Å². The average Bonchev–Trinajstić information content (AvgIpc) is 2.64. The predicted molar refractivity (Wildman–Crippen MR) is 74.1 cm³/mol. The lowest BCUT2D eigenvalue weighted by molar-refractivity contribution is 0.304. The molecule has 1 saturated heterocycles. The second-order valence-electron chi connectivity index (χ2n) is 6.66. The molecule has 0 aromatic heterocycles. The molecule has 2 atom stereocenters. The topological polar surface area (TPSA) is 12.0 Å². The standard InChI is InChI=1S/C16H25N/c1-16(2,3)11-14-10-15(17-12-14)9-13-7-5-4-6-8-13/h4-8,14-15,17H,9-12H2,1-3H3. The van der Waals surface area contributed by atoms with Crippen LogP contribution in [0.25, 0.3) is 0 Å². The van der Waals surface area contributed by atoms with Crippen LogP contribution in [0.5, 0.6) is 0 Å². The minimum Gasteiger partial charge on any atom is -0.313 e. The summed E-state index contributed by atoms with van der Waals surface area (Å²) in [6.45, 7) is 8.24. The van der Waals surface area contributed by atoms with Crippen LogP contribution in [0.15, 0.2) is 30.3 Å². The highest BCUT2D eigenvalue weighted by atomic mass is 14.9. The van der Waals surface area contributed by atoms with Gasteiger partial charge in [-0.3, -0.25) is 0 Å². The summed E-state index contributed by atoms with van der Waals surface area (Å²) < 4.78 is 0. The van der Waals surface area contributed by atoms with Crippen molar-refractivity contribution in [2.24, 2.45) is 11.3 Å². The molecule has 0 bridgehead atoms. The second-order valence-corrected chi connectivity index (χ2v) is 6.66. The van der Waals surface area contributed by atoms with Crippen molar-refractivity contribution in [1.82, 2.24) is 5.32 Å². The Morgan fingerprint density at radius 3 is 2.53 bits per heavy atom. The molecule has 1 aliphatic rings. The van der Waals surface area contributed by atoms with Crippen LogP contribution >= 0.6 is 0 Å². The van der Waals surface area contributed by atoms with Crippen molar-refractivity contribution in [2.75, 3.05) is 6.54 Å². The third-order valence-corrected chi connectivity index (χ3v) is 3.54. The van der Waals surface area contributed by atoms with Crippen molar-refractivity contribution < 1.29 is 0 Å². The molecule has 1 aromatic carbocycles. The fourth-order valence-electron chi connectivity index (χ4n) is 2.98. The Balaban J connectivity index is 1.82. The average molecular weight is 231 g/mol. The van der Waals surface area contributed by atoms with E-state index in [0.29, 0.717) is 11.5 Å². The molecule has 0 amide bonds. The number of hydrogen-bond donors (Lipinski definition) is 1. The van der Waals surface area contributed by atoms with Crippen molar-refractivity contribution >= 4 is 0 Å². The van der Waals surface area contributed by atoms with Gasteiger partial charge in [0.15, 0.2) is 0 Å². The highest BCUT2D eigenvalue weighted by Crippen LogP contribution is 2.30. The summed E-state index contributed by atoms with van der Waals surface area (Å²) in [5.41, 5.74) is 1.93. The van der Waals surface area contributed by atoms with Crippen LogP contribution < -0.4 is 5.32 Å². The van der Waals surface area contributed by atoms with Crippen molar-refractivity contribution in [1.29, 1.82) is 0 Å². The third-order valence-electron chi connectivity index (χ3n) is 3.54. The van der Waals surface area contributed by atoms with E-state index in [2.05, 4.69) is 56.4 Å². The van der Waals surface area contributed by atoms with E-state index in [-0.39, 0.29) is 0 Å². The van der Waals surface area contributed by atoms with Crippen LogP contribution in [0.3, 0.4) is 0 Å². The van der Waals surface area contributed by atoms with Crippen LogP contribution in [0.1, 0.15) is 39.2 Å². The molecule has 1 fully saturated rings. The van der Waals surface area contributed by atoms with Gasteiger partial charge in [-0.15, -0.1) is 0 Å². The van der Waals surface area contributed by atoms with E-state index < -0.39 is 0 Å². The molecule has 0 radical (unpaired) electrons. The van der Waals surface area contributed by atoms with Gasteiger partial charge < -0.3 is 5.32 Å². The molecule has 17 heavy (non-hydrogen) atoms. The Morgan fingerprint density at radius 2 is 1.88 bits per heavy atom. The van der Waals surface area contributed by atoms with E-state index in [1.54, 1.807) is 0 Å². The fourth-order valence-corrected chi connectivity index (χ4v) is 2.98. The lowest BCUT2D eigenvalue weighted by Gasteiger charge is -2.22. The van der Waals surface area contributed by atoms with Gasteiger partial charge in [0.25, 0.3) is 0 Å². The largest absolute Gasteiger partial charge is 0.313 e. The fraction of sp³-hybridized carbons (Fsp3) is 0.625. The Hall–Kier alpha value is -0.820. The molecule has 2 rings (SSSR count). The van der Waals surface area contributed by atoms with Crippen molar-refractivity contribution in [2.45, 2.75) is 46.1 Å². The Labute approximate surface area is 106 Å². The molecule has 0 saturated carbocycles. The zero-order chi connectivity index (χ0) is 12.3.